The van der Waals surface area contributed by atoms with Crippen LogP contribution in [-0.4, -0.2) is 33.6 Å². The van der Waals surface area contributed by atoms with Gasteiger partial charge in [0, 0.05) is 18.7 Å². The molecule has 0 radical (unpaired) electrons. The molecule has 3 aromatic rings. The molecule has 154 valence electrons. The Hall–Kier alpha value is -3.25. The number of rotatable bonds is 5. The zero-order valence-corrected chi connectivity index (χ0v) is 17.1. The average molecular weight is 402 g/mol. The molecule has 1 aliphatic heterocycles. The van der Waals surface area contributed by atoms with Crippen LogP contribution in [0.5, 0.6) is 0 Å². The first-order chi connectivity index (χ1) is 14.5. The smallest absolute Gasteiger partial charge is 0.291 e. The average Bonchev–Trinajstić information content (AvgIpc) is 2.78. The number of nitrogen functional groups attached to an aromatic ring is 1. The first-order valence-electron chi connectivity index (χ1n) is 10.3. The molecule has 0 aliphatic carbocycles. The number of carbonyl (C=O) groups is 1. The van der Waals surface area contributed by atoms with Gasteiger partial charge in [-0.2, -0.15) is 5.10 Å². The standard InChI is InChI=1S/C24H26N4O2/c1-17(29)21-22(25)24(30)28(26-23(21)20-10-6-3-7-11-20)16-27-14-12-19(13-15-27)18-8-4-2-5-9-18/h2-11,19H,12-16,25H2,1H3. The number of nitrogens with two attached hydrogens (primary N) is 1. The Balaban J connectivity index is 1.59. The number of nitrogens with zero attached hydrogens (tertiary/aromatic N) is 3. The zero-order chi connectivity index (χ0) is 21.1. The number of aromatic nitrogens is 2. The summed E-state index contributed by atoms with van der Waals surface area (Å²) in [7, 11) is 0. The number of anilines is 1. The van der Waals surface area contributed by atoms with E-state index >= 15 is 0 Å². The van der Waals surface area contributed by atoms with Crippen LogP contribution in [0.2, 0.25) is 0 Å². The molecule has 0 spiro atoms. The van der Waals surface area contributed by atoms with Crippen LogP contribution in [0.3, 0.4) is 0 Å². The van der Waals surface area contributed by atoms with Gasteiger partial charge in [0.25, 0.3) is 5.56 Å². The number of ketones is 1. The third kappa shape index (κ3) is 4.04. The van der Waals surface area contributed by atoms with Gasteiger partial charge in [0.05, 0.1) is 12.2 Å². The molecule has 30 heavy (non-hydrogen) atoms. The van der Waals surface area contributed by atoms with E-state index in [4.69, 9.17) is 5.73 Å². The molecule has 0 bridgehead atoms. The Kier molecular flexibility index (Phi) is 5.77. The second-order valence-electron chi connectivity index (χ2n) is 7.81. The molecule has 6 nitrogen and oxygen atoms in total. The summed E-state index contributed by atoms with van der Waals surface area (Å²) in [4.78, 5) is 27.3. The number of Topliss-reactive ketones (excluding diaryl/α,β-unsaturated/α-hetero) is 1. The van der Waals surface area contributed by atoms with Gasteiger partial charge < -0.3 is 5.73 Å². The van der Waals surface area contributed by atoms with Crippen molar-refractivity contribution >= 4 is 11.5 Å². The predicted octanol–water partition coefficient (Wildman–Crippen LogP) is 3.53. The van der Waals surface area contributed by atoms with Gasteiger partial charge >= 0.3 is 0 Å². The summed E-state index contributed by atoms with van der Waals surface area (Å²) in [5, 5.41) is 4.56. The summed E-state index contributed by atoms with van der Waals surface area (Å²) in [6, 6.07) is 19.9. The summed E-state index contributed by atoms with van der Waals surface area (Å²) in [6.45, 7) is 3.53. The number of hydrogen-bond acceptors (Lipinski definition) is 5. The quantitative estimate of drug-likeness (QED) is 0.660. The number of hydrogen-bond donors (Lipinski definition) is 1. The Morgan fingerprint density at radius 1 is 1.03 bits per heavy atom. The van der Waals surface area contributed by atoms with Crippen molar-refractivity contribution in [1.82, 2.24) is 14.7 Å². The third-order valence-electron chi connectivity index (χ3n) is 5.78. The second-order valence-corrected chi connectivity index (χ2v) is 7.81. The van der Waals surface area contributed by atoms with E-state index in [1.54, 1.807) is 0 Å². The van der Waals surface area contributed by atoms with Crippen molar-refractivity contribution in [2.45, 2.75) is 32.4 Å². The summed E-state index contributed by atoms with van der Waals surface area (Å²) in [6.07, 6.45) is 2.07. The molecular formula is C24H26N4O2. The fourth-order valence-electron chi connectivity index (χ4n) is 4.16. The minimum atomic E-state index is -0.412. The van der Waals surface area contributed by atoms with Crippen molar-refractivity contribution < 1.29 is 4.79 Å². The lowest BCUT2D eigenvalue weighted by molar-refractivity contribution is 0.101. The Morgan fingerprint density at radius 2 is 1.63 bits per heavy atom. The van der Waals surface area contributed by atoms with E-state index in [0.717, 1.165) is 31.5 Å². The van der Waals surface area contributed by atoms with E-state index in [2.05, 4.69) is 34.3 Å². The molecule has 2 aromatic carbocycles. The molecule has 1 saturated heterocycles. The van der Waals surface area contributed by atoms with Gasteiger partial charge in [-0.05, 0) is 31.2 Å². The van der Waals surface area contributed by atoms with Gasteiger partial charge in [-0.3, -0.25) is 14.5 Å². The maximum absolute atomic E-state index is 12.8. The largest absolute Gasteiger partial charge is 0.394 e. The van der Waals surface area contributed by atoms with E-state index < -0.39 is 5.56 Å². The van der Waals surface area contributed by atoms with E-state index in [9.17, 15) is 9.59 Å². The molecule has 1 fully saturated rings. The molecule has 0 amide bonds. The molecule has 2 heterocycles. The summed E-state index contributed by atoms with van der Waals surface area (Å²) < 4.78 is 1.40. The van der Waals surface area contributed by atoms with E-state index in [0.29, 0.717) is 18.3 Å². The van der Waals surface area contributed by atoms with Crippen LogP contribution < -0.4 is 11.3 Å². The molecule has 0 atom stereocenters. The Labute approximate surface area is 175 Å². The maximum Gasteiger partial charge on any atom is 0.291 e. The van der Waals surface area contributed by atoms with Crippen molar-refractivity contribution in [2.75, 3.05) is 18.8 Å². The van der Waals surface area contributed by atoms with Crippen LogP contribution in [0.1, 0.15) is 41.6 Å². The van der Waals surface area contributed by atoms with Gasteiger partial charge in [0.2, 0.25) is 0 Å². The summed E-state index contributed by atoms with van der Waals surface area (Å²) >= 11 is 0. The van der Waals surface area contributed by atoms with Gasteiger partial charge in [0.15, 0.2) is 5.78 Å². The Bertz CT molecular complexity index is 1090. The number of piperidine rings is 1. The minimum Gasteiger partial charge on any atom is -0.394 e. The van der Waals surface area contributed by atoms with Gasteiger partial charge in [-0.25, -0.2) is 4.68 Å². The zero-order valence-electron chi connectivity index (χ0n) is 17.1. The number of benzene rings is 2. The predicted molar refractivity (Wildman–Crippen MR) is 118 cm³/mol. The van der Waals surface area contributed by atoms with E-state index in [-0.39, 0.29) is 17.0 Å². The van der Waals surface area contributed by atoms with Crippen molar-refractivity contribution in [3.05, 3.63) is 82.1 Å². The van der Waals surface area contributed by atoms with Gasteiger partial charge in [0.1, 0.15) is 11.4 Å². The van der Waals surface area contributed by atoms with Crippen LogP contribution in [0.25, 0.3) is 11.3 Å². The number of likely N-dealkylation sites (tertiary alicyclic amines) is 1. The van der Waals surface area contributed by atoms with Crippen molar-refractivity contribution in [3.8, 4) is 11.3 Å². The van der Waals surface area contributed by atoms with Gasteiger partial charge in [-0.15, -0.1) is 0 Å². The highest BCUT2D eigenvalue weighted by Crippen LogP contribution is 2.28. The molecule has 1 aromatic heterocycles. The lowest BCUT2D eigenvalue weighted by Crippen LogP contribution is -2.39. The minimum absolute atomic E-state index is 0.0319. The fourth-order valence-corrected chi connectivity index (χ4v) is 4.16. The monoisotopic (exact) mass is 402 g/mol. The summed E-state index contributed by atoms with van der Waals surface area (Å²) in [5.41, 5.74) is 8.46. The molecule has 6 heteroatoms. The lowest BCUT2D eigenvalue weighted by atomic mass is 9.90. The van der Waals surface area contributed by atoms with E-state index in [1.165, 1.54) is 17.2 Å². The van der Waals surface area contributed by atoms with Crippen molar-refractivity contribution in [2.24, 2.45) is 0 Å². The summed E-state index contributed by atoms with van der Waals surface area (Å²) in [5.74, 6) is 0.281. The maximum atomic E-state index is 12.8. The van der Waals surface area contributed by atoms with Crippen molar-refractivity contribution in [1.29, 1.82) is 0 Å². The van der Waals surface area contributed by atoms with Crippen LogP contribution in [0, 0.1) is 0 Å². The molecular weight excluding hydrogens is 376 g/mol. The topological polar surface area (TPSA) is 81.2 Å². The Morgan fingerprint density at radius 3 is 2.23 bits per heavy atom. The van der Waals surface area contributed by atoms with E-state index in [1.807, 2.05) is 36.4 Å². The van der Waals surface area contributed by atoms with Gasteiger partial charge in [-0.1, -0.05) is 60.7 Å². The molecule has 1 aliphatic rings. The van der Waals surface area contributed by atoms with Crippen molar-refractivity contribution in [3.63, 3.8) is 0 Å². The first-order valence-corrected chi connectivity index (χ1v) is 10.3. The highest BCUT2D eigenvalue weighted by atomic mass is 16.1. The van der Waals surface area contributed by atoms with Crippen LogP contribution in [0.15, 0.2) is 65.5 Å². The normalized spacial score (nSPS) is 15.2. The SMILES string of the molecule is CC(=O)c1c(-c2ccccc2)nn(CN2CCC(c3ccccc3)CC2)c(=O)c1N. The molecule has 0 unspecified atom stereocenters. The highest BCUT2D eigenvalue weighted by Gasteiger charge is 2.24. The van der Waals surface area contributed by atoms with Crippen LogP contribution in [-0.2, 0) is 6.67 Å². The molecule has 2 N–H and O–H groups in total. The van der Waals surface area contributed by atoms with Crippen LogP contribution >= 0.6 is 0 Å². The lowest BCUT2D eigenvalue weighted by Gasteiger charge is -2.32. The highest BCUT2D eigenvalue weighted by molar-refractivity contribution is 6.04. The number of carbonyl (C=O) groups excluding carboxylic acids is 1. The molecule has 4 rings (SSSR count). The fraction of sp³-hybridized carbons (Fsp3) is 0.292. The second kappa shape index (κ2) is 8.63. The molecule has 0 saturated carbocycles. The first kappa shape index (κ1) is 20.0. The third-order valence-corrected chi connectivity index (χ3v) is 5.78. The van der Waals surface area contributed by atoms with Crippen LogP contribution in [0.4, 0.5) is 5.69 Å².